The second-order valence-electron chi connectivity index (χ2n) is 6.97. The number of rotatable bonds is 4. The molecular weight excluding hydrogens is 418 g/mol. The monoisotopic (exact) mass is 433 g/mol. The Morgan fingerprint density at radius 2 is 1.77 bits per heavy atom. The van der Waals surface area contributed by atoms with Gasteiger partial charge in [0.15, 0.2) is 17.0 Å². The largest absolute Gasteiger partial charge is 0.469 e. The van der Waals surface area contributed by atoms with Crippen molar-refractivity contribution in [2.45, 2.75) is 13.3 Å². The highest BCUT2D eigenvalue weighted by atomic mass is 35.5. The van der Waals surface area contributed by atoms with Crippen LogP contribution in [0.3, 0.4) is 0 Å². The van der Waals surface area contributed by atoms with Crippen LogP contribution in [0.2, 0.25) is 5.02 Å². The highest BCUT2D eigenvalue weighted by molar-refractivity contribution is 6.30. The first-order valence-electron chi connectivity index (χ1n) is 9.44. The smallest absolute Gasteiger partial charge is 0.311 e. The van der Waals surface area contributed by atoms with Crippen LogP contribution in [0.5, 0.6) is 0 Å². The third-order valence-electron chi connectivity index (χ3n) is 4.86. The molecule has 0 aliphatic heterocycles. The third-order valence-corrected chi connectivity index (χ3v) is 5.11. The van der Waals surface area contributed by atoms with Crippen molar-refractivity contribution in [2.24, 2.45) is 0 Å². The highest BCUT2D eigenvalue weighted by Crippen LogP contribution is 2.24. The van der Waals surface area contributed by atoms with Crippen LogP contribution in [0.4, 0.5) is 0 Å². The van der Waals surface area contributed by atoms with Crippen molar-refractivity contribution in [1.82, 2.24) is 34.6 Å². The van der Waals surface area contributed by atoms with Gasteiger partial charge in [-0.2, -0.15) is 14.6 Å². The van der Waals surface area contributed by atoms with Gasteiger partial charge in [-0.3, -0.25) is 4.79 Å². The quantitative estimate of drug-likeness (QED) is 0.401. The summed E-state index contributed by atoms with van der Waals surface area (Å²) in [5.41, 5.74) is 4.15. The van der Waals surface area contributed by atoms with E-state index >= 15 is 0 Å². The van der Waals surface area contributed by atoms with E-state index in [4.69, 9.17) is 16.3 Å². The van der Waals surface area contributed by atoms with Crippen molar-refractivity contribution in [3.05, 3.63) is 64.8 Å². The zero-order valence-electron chi connectivity index (χ0n) is 16.7. The first kappa shape index (κ1) is 19.1. The summed E-state index contributed by atoms with van der Waals surface area (Å²) >= 11 is 5.99. The van der Waals surface area contributed by atoms with Gasteiger partial charge in [0.25, 0.3) is 5.78 Å². The topological polar surface area (TPSA) is 100 Å². The van der Waals surface area contributed by atoms with Crippen molar-refractivity contribution < 1.29 is 9.53 Å². The Morgan fingerprint density at radius 1 is 1.03 bits per heavy atom. The molecule has 3 heterocycles. The molecule has 0 saturated heterocycles. The maximum absolute atomic E-state index is 11.9. The van der Waals surface area contributed by atoms with E-state index < -0.39 is 5.97 Å². The molecule has 0 saturated carbocycles. The molecule has 3 aromatic heterocycles. The first-order valence-corrected chi connectivity index (χ1v) is 9.82. The summed E-state index contributed by atoms with van der Waals surface area (Å²) in [5, 5.41) is 18.4. The number of aromatic nitrogens is 7. The molecule has 0 unspecified atom stereocenters. The molecule has 0 amide bonds. The lowest BCUT2D eigenvalue weighted by Gasteiger charge is -2.04. The second-order valence-corrected chi connectivity index (χ2v) is 7.41. The Balaban J connectivity index is 1.76. The number of methoxy groups -OCH3 is 1. The molecule has 0 N–H and O–H groups in total. The van der Waals surface area contributed by atoms with E-state index in [9.17, 15) is 4.79 Å². The normalized spacial score (nSPS) is 11.3. The van der Waals surface area contributed by atoms with E-state index in [1.54, 1.807) is 21.3 Å². The molecule has 0 atom stereocenters. The maximum Gasteiger partial charge on any atom is 0.311 e. The zero-order chi connectivity index (χ0) is 21.5. The van der Waals surface area contributed by atoms with Gasteiger partial charge in [0.2, 0.25) is 0 Å². The number of hydrogen-bond acceptors (Lipinski definition) is 7. The summed E-state index contributed by atoms with van der Waals surface area (Å²) in [7, 11) is 1.33. The van der Waals surface area contributed by atoms with E-state index in [0.717, 1.165) is 16.8 Å². The van der Waals surface area contributed by atoms with Gasteiger partial charge >= 0.3 is 5.97 Å². The Bertz CT molecular complexity index is 1420. The third kappa shape index (κ3) is 3.38. The number of carbonyl (C=O) groups is 1. The van der Waals surface area contributed by atoms with E-state index in [1.165, 1.54) is 7.11 Å². The van der Waals surface area contributed by atoms with Gasteiger partial charge in [-0.15, -0.1) is 15.3 Å². The van der Waals surface area contributed by atoms with Gasteiger partial charge in [0.05, 0.1) is 19.2 Å². The molecule has 31 heavy (non-hydrogen) atoms. The van der Waals surface area contributed by atoms with Crippen LogP contribution in [0, 0.1) is 6.92 Å². The molecule has 10 heteroatoms. The molecule has 0 spiro atoms. The Kier molecular flexibility index (Phi) is 4.59. The number of aryl methyl sites for hydroxylation is 1. The number of fused-ring (bicyclic) bond motifs is 3. The molecule has 0 aliphatic carbocycles. The molecule has 5 aromatic rings. The molecule has 0 fully saturated rings. The minimum absolute atomic E-state index is 0.0369. The minimum atomic E-state index is -0.419. The SMILES string of the molecule is COC(=O)Cc1nn(-c2ccc(C)cc2)c2c1nnc1nc(-c3ccc(Cl)cc3)nn12. The summed E-state index contributed by atoms with van der Waals surface area (Å²) in [4.78, 5) is 16.4. The average molecular weight is 434 g/mol. The van der Waals surface area contributed by atoms with Crippen molar-refractivity contribution in [3.8, 4) is 17.1 Å². The summed E-state index contributed by atoms with van der Waals surface area (Å²) in [6.45, 7) is 2.01. The van der Waals surface area contributed by atoms with E-state index in [0.29, 0.717) is 33.5 Å². The number of benzene rings is 2. The van der Waals surface area contributed by atoms with Crippen LogP contribution in [0.25, 0.3) is 34.0 Å². The molecule has 0 aliphatic rings. The summed E-state index contributed by atoms with van der Waals surface area (Å²) in [6, 6.07) is 15.1. The fraction of sp³-hybridized carbons (Fsp3) is 0.143. The van der Waals surface area contributed by atoms with Gasteiger partial charge < -0.3 is 4.74 Å². The van der Waals surface area contributed by atoms with Crippen molar-refractivity contribution >= 4 is 34.5 Å². The van der Waals surface area contributed by atoms with Crippen LogP contribution >= 0.6 is 11.6 Å². The van der Waals surface area contributed by atoms with Crippen molar-refractivity contribution in [2.75, 3.05) is 7.11 Å². The lowest BCUT2D eigenvalue weighted by atomic mass is 10.2. The number of ether oxygens (including phenoxy) is 1. The van der Waals surface area contributed by atoms with E-state index in [1.807, 2.05) is 43.3 Å². The number of nitrogens with zero attached hydrogens (tertiary/aromatic N) is 7. The fourth-order valence-electron chi connectivity index (χ4n) is 3.26. The predicted molar refractivity (Wildman–Crippen MR) is 114 cm³/mol. The first-order chi connectivity index (χ1) is 15.0. The van der Waals surface area contributed by atoms with Gasteiger partial charge in [0.1, 0.15) is 5.69 Å². The molecule has 2 aromatic carbocycles. The highest BCUT2D eigenvalue weighted by Gasteiger charge is 2.22. The summed E-state index contributed by atoms with van der Waals surface area (Å²) in [5.74, 6) is 0.373. The van der Waals surface area contributed by atoms with Crippen molar-refractivity contribution in [3.63, 3.8) is 0 Å². The van der Waals surface area contributed by atoms with Gasteiger partial charge in [-0.05, 0) is 43.3 Å². The van der Waals surface area contributed by atoms with Crippen LogP contribution in [0.15, 0.2) is 48.5 Å². The fourth-order valence-corrected chi connectivity index (χ4v) is 3.38. The lowest BCUT2D eigenvalue weighted by Crippen LogP contribution is -2.06. The summed E-state index contributed by atoms with van der Waals surface area (Å²) < 4.78 is 8.08. The molecule has 9 nitrogen and oxygen atoms in total. The zero-order valence-corrected chi connectivity index (χ0v) is 17.4. The summed E-state index contributed by atoms with van der Waals surface area (Å²) in [6.07, 6.45) is -0.0369. The number of hydrogen-bond donors (Lipinski definition) is 0. The molecule has 0 radical (unpaired) electrons. The van der Waals surface area contributed by atoms with Crippen LogP contribution < -0.4 is 0 Å². The number of halogens is 1. The average Bonchev–Trinajstić information content (AvgIpc) is 3.36. The Morgan fingerprint density at radius 3 is 2.48 bits per heavy atom. The Hall–Kier alpha value is -3.85. The number of esters is 1. The molecule has 5 rings (SSSR count). The van der Waals surface area contributed by atoms with Crippen LogP contribution in [-0.4, -0.2) is 47.7 Å². The van der Waals surface area contributed by atoms with Gasteiger partial charge in [0, 0.05) is 10.6 Å². The Labute approximate surface area is 181 Å². The van der Waals surface area contributed by atoms with Crippen LogP contribution in [-0.2, 0) is 16.0 Å². The molecule has 154 valence electrons. The lowest BCUT2D eigenvalue weighted by molar-refractivity contribution is -0.139. The van der Waals surface area contributed by atoms with E-state index in [-0.39, 0.29) is 6.42 Å². The van der Waals surface area contributed by atoms with Crippen molar-refractivity contribution in [1.29, 1.82) is 0 Å². The number of carbonyl (C=O) groups excluding carboxylic acids is 1. The maximum atomic E-state index is 11.9. The predicted octanol–water partition coefficient (Wildman–Crippen LogP) is 3.20. The standard InChI is InChI=1S/C21H16ClN7O2/c1-12-3-9-15(10-4-12)28-20-18(16(26-28)11-17(30)31-2)24-25-21-23-19(27-29(20)21)13-5-7-14(22)8-6-13/h3-10H,11H2,1-2H3. The second kappa shape index (κ2) is 7.44. The molecular formula is C21H16ClN7O2. The van der Waals surface area contributed by atoms with E-state index in [2.05, 4.69) is 25.4 Å². The van der Waals surface area contributed by atoms with Gasteiger partial charge in [-0.25, -0.2) is 4.68 Å². The van der Waals surface area contributed by atoms with Crippen LogP contribution in [0.1, 0.15) is 11.3 Å². The molecule has 0 bridgehead atoms. The minimum Gasteiger partial charge on any atom is -0.469 e. The van der Waals surface area contributed by atoms with Gasteiger partial charge in [-0.1, -0.05) is 29.3 Å².